The monoisotopic (exact) mass is 262 g/mol. The van der Waals surface area contributed by atoms with Gasteiger partial charge >= 0.3 is 0 Å². The van der Waals surface area contributed by atoms with Crippen molar-refractivity contribution < 1.29 is 4.74 Å². The SMILES string of the molecule is COCCN(C)CCn1c(N)nc2ccc(C)cc21. The minimum absolute atomic E-state index is 0.584. The van der Waals surface area contributed by atoms with Gasteiger partial charge in [0, 0.05) is 26.7 Å². The highest BCUT2D eigenvalue weighted by atomic mass is 16.5. The van der Waals surface area contributed by atoms with Gasteiger partial charge in [0.25, 0.3) is 0 Å². The lowest BCUT2D eigenvalue weighted by Crippen LogP contribution is -2.27. The summed E-state index contributed by atoms with van der Waals surface area (Å²) in [4.78, 5) is 6.62. The molecule has 0 amide bonds. The Balaban J connectivity index is 2.11. The summed E-state index contributed by atoms with van der Waals surface area (Å²) < 4.78 is 7.15. The number of ether oxygens (including phenoxy) is 1. The topological polar surface area (TPSA) is 56.3 Å². The van der Waals surface area contributed by atoms with Gasteiger partial charge in [-0.3, -0.25) is 0 Å². The third-order valence-corrected chi connectivity index (χ3v) is 3.32. The smallest absolute Gasteiger partial charge is 0.201 e. The summed E-state index contributed by atoms with van der Waals surface area (Å²) in [5, 5.41) is 0. The Kier molecular flexibility index (Phi) is 4.39. The van der Waals surface area contributed by atoms with Crippen LogP contribution in [0.4, 0.5) is 5.95 Å². The number of likely N-dealkylation sites (N-methyl/N-ethyl adjacent to an activating group) is 1. The number of aryl methyl sites for hydroxylation is 1. The average Bonchev–Trinajstić information content (AvgIpc) is 2.69. The van der Waals surface area contributed by atoms with Gasteiger partial charge in [-0.1, -0.05) is 6.07 Å². The van der Waals surface area contributed by atoms with Crippen LogP contribution in [0.25, 0.3) is 11.0 Å². The molecule has 0 spiro atoms. The molecule has 0 aliphatic heterocycles. The van der Waals surface area contributed by atoms with Crippen LogP contribution >= 0.6 is 0 Å². The molecule has 2 N–H and O–H groups in total. The molecule has 1 heterocycles. The standard InChI is InChI=1S/C14H22N4O/c1-11-4-5-12-13(10-11)18(14(15)16-12)7-6-17(2)8-9-19-3/h4-5,10H,6-9H2,1-3H3,(H2,15,16). The highest BCUT2D eigenvalue weighted by Crippen LogP contribution is 2.19. The van der Waals surface area contributed by atoms with Crippen LogP contribution in [0.2, 0.25) is 0 Å². The van der Waals surface area contributed by atoms with Crippen molar-refractivity contribution in [1.29, 1.82) is 0 Å². The Hall–Kier alpha value is -1.59. The first-order valence-corrected chi connectivity index (χ1v) is 6.51. The lowest BCUT2D eigenvalue weighted by atomic mass is 10.2. The fourth-order valence-corrected chi connectivity index (χ4v) is 2.12. The summed E-state index contributed by atoms with van der Waals surface area (Å²) in [6, 6.07) is 6.21. The third-order valence-electron chi connectivity index (χ3n) is 3.32. The number of rotatable bonds is 6. The largest absolute Gasteiger partial charge is 0.383 e. The second-order valence-corrected chi connectivity index (χ2v) is 4.91. The van der Waals surface area contributed by atoms with E-state index < -0.39 is 0 Å². The molecular weight excluding hydrogens is 240 g/mol. The van der Waals surface area contributed by atoms with Crippen molar-refractivity contribution in [2.45, 2.75) is 13.5 Å². The number of nitrogens with zero attached hydrogens (tertiary/aromatic N) is 3. The molecule has 0 unspecified atom stereocenters. The number of benzene rings is 1. The molecule has 0 radical (unpaired) electrons. The summed E-state index contributed by atoms with van der Waals surface area (Å²) in [6.45, 7) is 5.51. The maximum Gasteiger partial charge on any atom is 0.201 e. The van der Waals surface area contributed by atoms with Crippen molar-refractivity contribution in [2.75, 3.05) is 39.6 Å². The quantitative estimate of drug-likeness (QED) is 0.857. The van der Waals surface area contributed by atoms with E-state index in [-0.39, 0.29) is 0 Å². The van der Waals surface area contributed by atoms with Gasteiger partial charge in [0.2, 0.25) is 5.95 Å². The fourth-order valence-electron chi connectivity index (χ4n) is 2.12. The van der Waals surface area contributed by atoms with Gasteiger partial charge in [0.15, 0.2) is 0 Å². The molecule has 2 aromatic rings. The van der Waals surface area contributed by atoms with Crippen LogP contribution in [0.3, 0.4) is 0 Å². The van der Waals surface area contributed by atoms with Gasteiger partial charge < -0.3 is 19.9 Å². The summed E-state index contributed by atoms with van der Waals surface area (Å²) >= 11 is 0. The lowest BCUT2D eigenvalue weighted by Gasteiger charge is -2.17. The molecule has 0 saturated heterocycles. The van der Waals surface area contributed by atoms with E-state index in [1.165, 1.54) is 5.56 Å². The van der Waals surface area contributed by atoms with Crippen LogP contribution in [-0.4, -0.2) is 48.3 Å². The Morgan fingerprint density at radius 1 is 1.37 bits per heavy atom. The fraction of sp³-hybridized carbons (Fsp3) is 0.500. The van der Waals surface area contributed by atoms with E-state index in [4.69, 9.17) is 10.5 Å². The van der Waals surface area contributed by atoms with E-state index in [0.29, 0.717) is 5.95 Å². The molecule has 0 fully saturated rings. The number of hydrogen-bond donors (Lipinski definition) is 1. The summed E-state index contributed by atoms with van der Waals surface area (Å²) in [6.07, 6.45) is 0. The van der Waals surface area contributed by atoms with Gasteiger partial charge in [-0.05, 0) is 31.7 Å². The van der Waals surface area contributed by atoms with Crippen molar-refractivity contribution >= 4 is 17.0 Å². The zero-order valence-electron chi connectivity index (χ0n) is 11.9. The molecule has 1 aromatic heterocycles. The number of hydrogen-bond acceptors (Lipinski definition) is 4. The minimum atomic E-state index is 0.584. The van der Waals surface area contributed by atoms with Gasteiger partial charge in [-0.25, -0.2) is 4.98 Å². The molecule has 0 atom stereocenters. The predicted octanol–water partition coefficient (Wildman–Crippen LogP) is 1.51. The van der Waals surface area contributed by atoms with E-state index in [1.807, 2.05) is 6.07 Å². The molecule has 0 aliphatic rings. The number of aromatic nitrogens is 2. The molecular formula is C14H22N4O. The number of imidazole rings is 1. The highest BCUT2D eigenvalue weighted by Gasteiger charge is 2.08. The van der Waals surface area contributed by atoms with Gasteiger partial charge in [0.05, 0.1) is 17.6 Å². The van der Waals surface area contributed by atoms with E-state index in [9.17, 15) is 0 Å². The molecule has 104 valence electrons. The zero-order chi connectivity index (χ0) is 13.8. The Bertz CT molecular complexity index is 550. The van der Waals surface area contributed by atoms with Crippen molar-refractivity contribution in [3.8, 4) is 0 Å². The van der Waals surface area contributed by atoms with Crippen molar-refractivity contribution in [3.63, 3.8) is 0 Å². The second kappa shape index (κ2) is 6.04. The molecule has 2 rings (SSSR count). The predicted molar refractivity (Wildman–Crippen MR) is 78.3 cm³/mol. The Morgan fingerprint density at radius 2 is 2.16 bits per heavy atom. The Morgan fingerprint density at radius 3 is 2.89 bits per heavy atom. The van der Waals surface area contributed by atoms with Crippen molar-refractivity contribution in [1.82, 2.24) is 14.5 Å². The summed E-state index contributed by atoms with van der Waals surface area (Å²) in [5.74, 6) is 0.584. The van der Waals surface area contributed by atoms with Crippen LogP contribution in [0.5, 0.6) is 0 Å². The van der Waals surface area contributed by atoms with E-state index in [0.717, 1.165) is 37.3 Å². The van der Waals surface area contributed by atoms with Crippen LogP contribution in [0, 0.1) is 6.92 Å². The lowest BCUT2D eigenvalue weighted by molar-refractivity contribution is 0.159. The zero-order valence-corrected chi connectivity index (χ0v) is 11.9. The average molecular weight is 262 g/mol. The number of methoxy groups -OCH3 is 1. The molecule has 5 nitrogen and oxygen atoms in total. The van der Waals surface area contributed by atoms with E-state index in [1.54, 1.807) is 7.11 Å². The maximum absolute atomic E-state index is 6.00. The third kappa shape index (κ3) is 3.24. The number of nitrogen functional groups attached to an aromatic ring is 1. The molecule has 19 heavy (non-hydrogen) atoms. The highest BCUT2D eigenvalue weighted by molar-refractivity contribution is 5.79. The maximum atomic E-state index is 6.00. The molecule has 5 heteroatoms. The minimum Gasteiger partial charge on any atom is -0.383 e. The van der Waals surface area contributed by atoms with Crippen LogP contribution < -0.4 is 5.73 Å². The molecule has 0 aliphatic carbocycles. The number of nitrogens with two attached hydrogens (primary N) is 1. The first kappa shape index (κ1) is 13.8. The Labute approximate surface area is 114 Å². The molecule has 0 bridgehead atoms. The van der Waals surface area contributed by atoms with Crippen LogP contribution in [-0.2, 0) is 11.3 Å². The summed E-state index contributed by atoms with van der Waals surface area (Å²) in [5.41, 5.74) is 9.29. The first-order chi connectivity index (χ1) is 9.11. The van der Waals surface area contributed by atoms with Crippen LogP contribution in [0.1, 0.15) is 5.56 Å². The van der Waals surface area contributed by atoms with Gasteiger partial charge in [0.1, 0.15) is 0 Å². The van der Waals surface area contributed by atoms with Gasteiger partial charge in [-0.2, -0.15) is 0 Å². The second-order valence-electron chi connectivity index (χ2n) is 4.91. The van der Waals surface area contributed by atoms with Gasteiger partial charge in [-0.15, -0.1) is 0 Å². The number of anilines is 1. The van der Waals surface area contributed by atoms with Crippen molar-refractivity contribution in [2.24, 2.45) is 0 Å². The molecule has 1 aromatic carbocycles. The first-order valence-electron chi connectivity index (χ1n) is 6.51. The summed E-state index contributed by atoms with van der Waals surface area (Å²) in [7, 11) is 3.80. The van der Waals surface area contributed by atoms with Crippen molar-refractivity contribution in [3.05, 3.63) is 23.8 Å². The number of fused-ring (bicyclic) bond motifs is 1. The van der Waals surface area contributed by atoms with Crippen LogP contribution in [0.15, 0.2) is 18.2 Å². The van der Waals surface area contributed by atoms with E-state index >= 15 is 0 Å². The van der Waals surface area contributed by atoms with E-state index in [2.05, 4.69) is 40.6 Å². The molecule has 0 saturated carbocycles. The normalized spacial score (nSPS) is 11.6.